The summed E-state index contributed by atoms with van der Waals surface area (Å²) in [5, 5.41) is 9.24. The lowest BCUT2D eigenvalue weighted by Crippen LogP contribution is -2.66. The van der Waals surface area contributed by atoms with Crippen LogP contribution in [-0.4, -0.2) is 131 Å². The molecule has 358 valence electrons. The molecule has 1 saturated carbocycles. The zero-order chi connectivity index (χ0) is 47.6. The SMILES string of the molecule is CNC(=O)COc1cc2cc(Nc3nc(N4CCC(O[C@H]5C[C@H](N6CC7(CCN(c8ccc9c(c8C)C(=O)N(C8CCC(=O)NC8=O)C9=O)CC7)C6)C5)CC4)ncc3Cl)ccc2n(C(C)C)c1=O. The third-order valence-corrected chi connectivity index (χ3v) is 15.2. The van der Waals surface area contributed by atoms with Gasteiger partial charge in [0, 0.05) is 81.6 Å². The van der Waals surface area contributed by atoms with Crippen molar-refractivity contribution in [2.45, 2.75) is 102 Å². The van der Waals surface area contributed by atoms with Gasteiger partial charge < -0.3 is 34.5 Å². The summed E-state index contributed by atoms with van der Waals surface area (Å²) >= 11 is 6.61. The molecule has 0 bridgehead atoms. The first-order valence-corrected chi connectivity index (χ1v) is 24.1. The van der Waals surface area contributed by atoms with Gasteiger partial charge in [0.1, 0.15) is 11.1 Å². The van der Waals surface area contributed by atoms with Gasteiger partial charge in [-0.1, -0.05) is 11.6 Å². The average molecular weight is 950 g/mol. The van der Waals surface area contributed by atoms with Crippen molar-refractivity contribution < 1.29 is 33.4 Å². The number of piperidine rings is 3. The number of amides is 5. The number of aromatic nitrogens is 3. The molecule has 1 spiro atoms. The van der Waals surface area contributed by atoms with Crippen LogP contribution in [-0.2, 0) is 19.1 Å². The first-order chi connectivity index (χ1) is 32.7. The fourth-order valence-corrected chi connectivity index (χ4v) is 11.2. The third-order valence-electron chi connectivity index (χ3n) is 14.9. The molecule has 3 N–H and O–H groups in total. The van der Waals surface area contributed by atoms with Crippen molar-refractivity contribution in [3.63, 3.8) is 0 Å². The molecular formula is C49H57ClN10O8. The Balaban J connectivity index is 0.681. The van der Waals surface area contributed by atoms with Crippen LogP contribution in [0.2, 0.25) is 5.02 Å². The van der Waals surface area contributed by atoms with Crippen LogP contribution in [0.5, 0.6) is 5.75 Å². The molecule has 1 atom stereocenters. The van der Waals surface area contributed by atoms with E-state index in [0.29, 0.717) is 39.6 Å². The highest BCUT2D eigenvalue weighted by molar-refractivity contribution is 6.33. The van der Waals surface area contributed by atoms with E-state index in [1.807, 2.05) is 45.0 Å². The number of nitrogens with zero attached hydrogens (tertiary/aromatic N) is 7. The normalized spacial score (nSPS) is 22.9. The van der Waals surface area contributed by atoms with E-state index in [1.54, 1.807) is 22.9 Å². The van der Waals surface area contributed by atoms with Crippen LogP contribution in [0, 0.1) is 12.3 Å². The van der Waals surface area contributed by atoms with E-state index in [1.165, 1.54) is 7.05 Å². The van der Waals surface area contributed by atoms with Crippen LogP contribution in [0.25, 0.3) is 10.9 Å². The van der Waals surface area contributed by atoms with Crippen LogP contribution in [0.1, 0.15) is 97.5 Å². The molecule has 7 heterocycles. The Morgan fingerprint density at radius 3 is 2.40 bits per heavy atom. The zero-order valence-corrected chi connectivity index (χ0v) is 39.6. The topological polar surface area (TPSA) is 201 Å². The summed E-state index contributed by atoms with van der Waals surface area (Å²) in [6.07, 6.45) is 8.22. The number of nitrogens with one attached hydrogen (secondary N) is 3. The number of likely N-dealkylation sites (N-methyl/N-ethyl adjacent to an activating group) is 1. The second-order valence-electron chi connectivity index (χ2n) is 19.5. The van der Waals surface area contributed by atoms with E-state index in [0.717, 1.165) is 105 Å². The minimum Gasteiger partial charge on any atom is -0.478 e. The van der Waals surface area contributed by atoms with Crippen molar-refractivity contribution in [1.29, 1.82) is 0 Å². The first kappa shape index (κ1) is 45.7. The number of halogens is 1. The van der Waals surface area contributed by atoms with Gasteiger partial charge >= 0.3 is 0 Å². The molecule has 6 aliphatic rings. The van der Waals surface area contributed by atoms with Crippen molar-refractivity contribution in [2.75, 3.05) is 68.0 Å². The molecule has 4 saturated heterocycles. The quantitative estimate of drug-likeness (QED) is 0.165. The molecule has 2 aromatic carbocycles. The Kier molecular flexibility index (Phi) is 12.1. The molecule has 0 radical (unpaired) electrons. The van der Waals surface area contributed by atoms with E-state index >= 15 is 0 Å². The molecule has 5 aliphatic heterocycles. The van der Waals surface area contributed by atoms with E-state index in [-0.39, 0.29) is 66.2 Å². The Labute approximate surface area is 398 Å². The van der Waals surface area contributed by atoms with Crippen molar-refractivity contribution in [3.8, 4) is 5.75 Å². The molecule has 68 heavy (non-hydrogen) atoms. The highest BCUT2D eigenvalue weighted by Crippen LogP contribution is 2.46. The van der Waals surface area contributed by atoms with Gasteiger partial charge in [0.15, 0.2) is 18.2 Å². The summed E-state index contributed by atoms with van der Waals surface area (Å²) in [5.74, 6) is -1.12. The maximum Gasteiger partial charge on any atom is 0.293 e. The number of carbonyl (C=O) groups excluding carboxylic acids is 5. The van der Waals surface area contributed by atoms with Crippen molar-refractivity contribution in [1.82, 2.24) is 35.0 Å². The molecule has 18 nitrogen and oxygen atoms in total. The molecule has 10 rings (SSSR count). The van der Waals surface area contributed by atoms with Crippen LogP contribution < -0.4 is 36.0 Å². The number of ether oxygens (including phenoxy) is 2. The molecule has 5 amide bonds. The Morgan fingerprint density at radius 2 is 1.69 bits per heavy atom. The summed E-state index contributed by atoms with van der Waals surface area (Å²) in [5.41, 5.74) is 3.83. The monoisotopic (exact) mass is 948 g/mol. The van der Waals surface area contributed by atoms with Gasteiger partial charge in [-0.2, -0.15) is 4.98 Å². The molecule has 1 unspecified atom stereocenters. The number of likely N-dealkylation sites (tertiary alicyclic amines) is 1. The maximum atomic E-state index is 13.6. The van der Waals surface area contributed by atoms with Crippen molar-refractivity contribution in [3.05, 3.63) is 74.7 Å². The van der Waals surface area contributed by atoms with Gasteiger partial charge in [-0.05, 0) is 113 Å². The minimum absolute atomic E-state index is 0.0912. The molecule has 4 aromatic rings. The first-order valence-electron chi connectivity index (χ1n) is 23.8. The van der Waals surface area contributed by atoms with Crippen LogP contribution in [0.15, 0.2) is 47.4 Å². The molecule has 5 fully saturated rings. The lowest BCUT2D eigenvalue weighted by molar-refractivity contribution is -0.136. The Morgan fingerprint density at radius 1 is 0.941 bits per heavy atom. The summed E-state index contributed by atoms with van der Waals surface area (Å²) in [6, 6.07) is 10.4. The number of hydrogen-bond donors (Lipinski definition) is 3. The van der Waals surface area contributed by atoms with E-state index < -0.39 is 23.8 Å². The van der Waals surface area contributed by atoms with Crippen molar-refractivity contribution >= 4 is 75.2 Å². The number of anilines is 4. The largest absolute Gasteiger partial charge is 0.478 e. The maximum absolute atomic E-state index is 13.6. The minimum atomic E-state index is -0.978. The van der Waals surface area contributed by atoms with Gasteiger partial charge in [-0.25, -0.2) is 4.98 Å². The molecule has 19 heteroatoms. The molecule has 2 aromatic heterocycles. The number of carbonyl (C=O) groups is 5. The Bertz CT molecular complexity index is 2770. The van der Waals surface area contributed by atoms with Gasteiger partial charge in [-0.15, -0.1) is 0 Å². The molecule has 1 aliphatic carbocycles. The van der Waals surface area contributed by atoms with Gasteiger partial charge in [-0.3, -0.25) is 43.9 Å². The zero-order valence-electron chi connectivity index (χ0n) is 38.8. The van der Waals surface area contributed by atoms with E-state index in [2.05, 4.69) is 35.6 Å². The number of hydrogen-bond acceptors (Lipinski definition) is 14. The number of rotatable bonds is 12. The Hall–Kier alpha value is -6.11. The number of imide groups is 2. The van der Waals surface area contributed by atoms with Crippen LogP contribution in [0.3, 0.4) is 0 Å². The van der Waals surface area contributed by atoms with Gasteiger partial charge in [0.25, 0.3) is 23.3 Å². The predicted octanol–water partition coefficient (Wildman–Crippen LogP) is 4.72. The fraction of sp³-hybridized carbons (Fsp3) is 0.510. The predicted molar refractivity (Wildman–Crippen MR) is 255 cm³/mol. The highest BCUT2D eigenvalue weighted by Gasteiger charge is 2.51. The summed E-state index contributed by atoms with van der Waals surface area (Å²) in [4.78, 5) is 93.9. The number of benzene rings is 2. The average Bonchev–Trinajstić information content (AvgIpc) is 3.55. The standard InChI is InChI=1S/C49H57ClN10O8/c1-27(2)59-37-7-5-30(19-29(37)20-39(46(59)65)67-24-41(62)51-4)53-43-35(50)23-52-48(55-43)57-15-11-32(12-16-57)68-33-21-31(22-33)58-25-49(26-58)13-17-56(18-14-49)36-8-6-34-42(28(36)3)47(66)60(45(34)64)38-9-10-40(61)54-44(38)63/h5-8,19-20,23,27,31-33,38H,9-18,21-22,24-26H2,1-4H3,(H,51,62)(H,52,53,55)(H,54,61,63)/t31-,33-,38?. The van der Waals surface area contributed by atoms with E-state index in [4.69, 9.17) is 26.1 Å². The fourth-order valence-electron chi connectivity index (χ4n) is 11.0. The third kappa shape index (κ3) is 8.44. The second kappa shape index (κ2) is 18.1. The van der Waals surface area contributed by atoms with Crippen LogP contribution in [0.4, 0.5) is 23.1 Å². The van der Waals surface area contributed by atoms with Crippen LogP contribution >= 0.6 is 11.6 Å². The summed E-state index contributed by atoms with van der Waals surface area (Å²) in [7, 11) is 1.51. The summed E-state index contributed by atoms with van der Waals surface area (Å²) < 4.78 is 13.9. The highest BCUT2D eigenvalue weighted by atomic mass is 35.5. The van der Waals surface area contributed by atoms with Crippen molar-refractivity contribution in [2.24, 2.45) is 5.41 Å². The lowest BCUT2D eigenvalue weighted by atomic mass is 9.69. The lowest BCUT2D eigenvalue weighted by Gasteiger charge is -2.59. The van der Waals surface area contributed by atoms with E-state index in [9.17, 15) is 28.8 Å². The summed E-state index contributed by atoms with van der Waals surface area (Å²) in [6.45, 7) is 10.9. The second-order valence-corrected chi connectivity index (χ2v) is 20.0. The van der Waals surface area contributed by atoms with Gasteiger partial charge in [0.2, 0.25) is 17.8 Å². The van der Waals surface area contributed by atoms with Gasteiger partial charge in [0.05, 0.1) is 35.0 Å². The number of fused-ring (bicyclic) bond motifs is 2. The smallest absolute Gasteiger partial charge is 0.293 e. The molecular weight excluding hydrogens is 892 g/mol. The number of pyridine rings is 1.